The van der Waals surface area contributed by atoms with E-state index in [4.69, 9.17) is 5.73 Å². The SMILES string of the molecule is CCc1nc(N)cc(NC(C)Cc2ccsc2)n1. The fourth-order valence-electron chi connectivity index (χ4n) is 1.82. The van der Waals surface area contributed by atoms with E-state index in [9.17, 15) is 0 Å². The van der Waals surface area contributed by atoms with Crippen LogP contribution in [-0.4, -0.2) is 16.0 Å². The Labute approximate surface area is 111 Å². The molecule has 3 N–H and O–H groups in total. The molecule has 1 unspecified atom stereocenters. The van der Waals surface area contributed by atoms with Crippen LogP contribution >= 0.6 is 11.3 Å². The van der Waals surface area contributed by atoms with Gasteiger partial charge >= 0.3 is 0 Å². The fraction of sp³-hybridized carbons (Fsp3) is 0.385. The van der Waals surface area contributed by atoms with Crippen LogP contribution in [0.2, 0.25) is 0 Å². The second-order valence-electron chi connectivity index (χ2n) is 4.33. The number of aromatic nitrogens is 2. The molecule has 0 aliphatic heterocycles. The molecule has 18 heavy (non-hydrogen) atoms. The molecule has 0 amide bonds. The van der Waals surface area contributed by atoms with Crippen molar-refractivity contribution in [3.05, 3.63) is 34.3 Å². The molecule has 2 aromatic rings. The summed E-state index contributed by atoms with van der Waals surface area (Å²) in [7, 11) is 0. The van der Waals surface area contributed by atoms with Gasteiger partial charge in [-0.3, -0.25) is 0 Å². The van der Waals surface area contributed by atoms with Gasteiger partial charge in [-0.2, -0.15) is 11.3 Å². The lowest BCUT2D eigenvalue weighted by atomic mass is 10.1. The summed E-state index contributed by atoms with van der Waals surface area (Å²) in [4.78, 5) is 8.59. The summed E-state index contributed by atoms with van der Waals surface area (Å²) < 4.78 is 0. The Morgan fingerprint density at radius 3 is 2.94 bits per heavy atom. The topological polar surface area (TPSA) is 63.8 Å². The van der Waals surface area contributed by atoms with Crippen LogP contribution in [0.25, 0.3) is 0 Å². The highest BCUT2D eigenvalue weighted by Crippen LogP contribution is 2.13. The molecule has 0 spiro atoms. The average Bonchev–Trinajstić information content (AvgIpc) is 2.80. The largest absolute Gasteiger partial charge is 0.384 e. The van der Waals surface area contributed by atoms with Crippen molar-refractivity contribution in [2.45, 2.75) is 32.7 Å². The second-order valence-corrected chi connectivity index (χ2v) is 5.11. The van der Waals surface area contributed by atoms with Crippen molar-refractivity contribution in [1.82, 2.24) is 9.97 Å². The molecular formula is C13H18N4S. The Balaban J connectivity index is 2.02. The highest BCUT2D eigenvalue weighted by Gasteiger charge is 2.07. The van der Waals surface area contributed by atoms with E-state index in [1.807, 2.05) is 6.92 Å². The monoisotopic (exact) mass is 262 g/mol. The summed E-state index contributed by atoms with van der Waals surface area (Å²) in [6.07, 6.45) is 1.77. The summed E-state index contributed by atoms with van der Waals surface area (Å²) in [5.74, 6) is 2.11. The van der Waals surface area contributed by atoms with E-state index < -0.39 is 0 Å². The third-order valence-electron chi connectivity index (χ3n) is 2.62. The molecule has 0 radical (unpaired) electrons. The minimum Gasteiger partial charge on any atom is -0.384 e. The first-order valence-electron chi connectivity index (χ1n) is 6.08. The molecule has 4 nitrogen and oxygen atoms in total. The highest BCUT2D eigenvalue weighted by atomic mass is 32.1. The number of nitrogens with two attached hydrogens (primary N) is 1. The van der Waals surface area contributed by atoms with Crippen molar-refractivity contribution in [3.63, 3.8) is 0 Å². The first-order chi connectivity index (χ1) is 8.67. The van der Waals surface area contributed by atoms with Gasteiger partial charge < -0.3 is 11.1 Å². The molecule has 2 aromatic heterocycles. The van der Waals surface area contributed by atoms with Crippen molar-refractivity contribution >= 4 is 23.0 Å². The van der Waals surface area contributed by atoms with E-state index in [0.29, 0.717) is 11.9 Å². The summed E-state index contributed by atoms with van der Waals surface area (Å²) >= 11 is 1.72. The number of nitrogens with one attached hydrogen (secondary N) is 1. The Morgan fingerprint density at radius 2 is 2.28 bits per heavy atom. The van der Waals surface area contributed by atoms with Gasteiger partial charge in [0.15, 0.2) is 0 Å². The standard InChI is InChI=1S/C13H18N4S/c1-3-12-16-11(14)7-13(17-12)15-9(2)6-10-4-5-18-8-10/h4-5,7-9H,3,6H2,1-2H3,(H3,14,15,16,17). The maximum Gasteiger partial charge on any atom is 0.132 e. The molecule has 0 saturated heterocycles. The summed E-state index contributed by atoms with van der Waals surface area (Å²) in [6.45, 7) is 4.16. The Hall–Kier alpha value is -1.62. The molecule has 2 rings (SSSR count). The first-order valence-corrected chi connectivity index (χ1v) is 7.02. The van der Waals surface area contributed by atoms with Crippen LogP contribution in [-0.2, 0) is 12.8 Å². The minimum atomic E-state index is 0.318. The number of aryl methyl sites for hydroxylation is 1. The van der Waals surface area contributed by atoms with Gasteiger partial charge in [-0.05, 0) is 35.7 Å². The van der Waals surface area contributed by atoms with Gasteiger partial charge in [0.1, 0.15) is 17.5 Å². The van der Waals surface area contributed by atoms with Gasteiger partial charge in [0, 0.05) is 18.5 Å². The lowest BCUT2D eigenvalue weighted by Crippen LogP contribution is -2.19. The van der Waals surface area contributed by atoms with E-state index in [2.05, 4.69) is 39.0 Å². The number of thiophene rings is 1. The summed E-state index contributed by atoms with van der Waals surface area (Å²) in [6, 6.07) is 4.25. The summed E-state index contributed by atoms with van der Waals surface area (Å²) in [5, 5.41) is 7.64. The molecule has 0 aliphatic rings. The van der Waals surface area contributed by atoms with Gasteiger partial charge in [0.05, 0.1) is 0 Å². The molecule has 1 atom stereocenters. The molecule has 0 aliphatic carbocycles. The number of hydrogen-bond acceptors (Lipinski definition) is 5. The number of anilines is 2. The molecule has 0 saturated carbocycles. The van der Waals surface area contributed by atoms with E-state index in [-0.39, 0.29) is 0 Å². The first kappa shape index (κ1) is 12.8. The van der Waals surface area contributed by atoms with E-state index in [1.165, 1.54) is 5.56 Å². The number of hydrogen-bond donors (Lipinski definition) is 2. The van der Waals surface area contributed by atoms with Gasteiger partial charge in [-0.25, -0.2) is 9.97 Å². The lowest BCUT2D eigenvalue weighted by Gasteiger charge is -2.14. The summed E-state index contributed by atoms with van der Waals surface area (Å²) in [5.41, 5.74) is 7.10. The lowest BCUT2D eigenvalue weighted by molar-refractivity contribution is 0.782. The molecular weight excluding hydrogens is 244 g/mol. The fourth-order valence-corrected chi connectivity index (χ4v) is 2.50. The predicted molar refractivity (Wildman–Crippen MR) is 76.9 cm³/mol. The Kier molecular flexibility index (Phi) is 4.15. The van der Waals surface area contributed by atoms with Gasteiger partial charge in [0.2, 0.25) is 0 Å². The van der Waals surface area contributed by atoms with Gasteiger partial charge in [-0.15, -0.1) is 0 Å². The van der Waals surface area contributed by atoms with Crippen molar-refractivity contribution < 1.29 is 0 Å². The normalized spacial score (nSPS) is 12.3. The van der Waals surface area contributed by atoms with Crippen molar-refractivity contribution in [3.8, 4) is 0 Å². The van der Waals surface area contributed by atoms with Crippen molar-refractivity contribution in [2.75, 3.05) is 11.1 Å². The quantitative estimate of drug-likeness (QED) is 0.869. The number of rotatable bonds is 5. The van der Waals surface area contributed by atoms with Crippen LogP contribution in [0.5, 0.6) is 0 Å². The average molecular weight is 262 g/mol. The number of nitrogen functional groups attached to an aromatic ring is 1. The molecule has 96 valence electrons. The Bertz CT molecular complexity index is 496. The van der Waals surface area contributed by atoms with Crippen LogP contribution in [0.4, 0.5) is 11.6 Å². The third-order valence-corrected chi connectivity index (χ3v) is 3.36. The predicted octanol–water partition coefficient (Wildman–Crippen LogP) is 2.73. The van der Waals surface area contributed by atoms with Crippen LogP contribution < -0.4 is 11.1 Å². The van der Waals surface area contributed by atoms with Gasteiger partial charge in [0.25, 0.3) is 0 Å². The molecule has 5 heteroatoms. The van der Waals surface area contributed by atoms with E-state index in [0.717, 1.165) is 24.5 Å². The highest BCUT2D eigenvalue weighted by molar-refractivity contribution is 7.07. The van der Waals surface area contributed by atoms with Gasteiger partial charge in [-0.1, -0.05) is 6.92 Å². The second kappa shape index (κ2) is 5.82. The zero-order chi connectivity index (χ0) is 13.0. The third kappa shape index (κ3) is 3.43. The minimum absolute atomic E-state index is 0.318. The van der Waals surface area contributed by atoms with Crippen LogP contribution in [0.15, 0.2) is 22.9 Å². The molecule has 0 bridgehead atoms. The van der Waals surface area contributed by atoms with Crippen LogP contribution in [0.3, 0.4) is 0 Å². The maximum absolute atomic E-state index is 5.76. The van der Waals surface area contributed by atoms with E-state index in [1.54, 1.807) is 17.4 Å². The molecule has 0 fully saturated rings. The zero-order valence-corrected chi connectivity index (χ0v) is 11.5. The number of nitrogens with zero attached hydrogens (tertiary/aromatic N) is 2. The zero-order valence-electron chi connectivity index (χ0n) is 10.7. The van der Waals surface area contributed by atoms with E-state index >= 15 is 0 Å². The smallest absolute Gasteiger partial charge is 0.132 e. The van der Waals surface area contributed by atoms with Crippen molar-refractivity contribution in [1.29, 1.82) is 0 Å². The molecule has 2 heterocycles. The molecule has 0 aromatic carbocycles. The van der Waals surface area contributed by atoms with Crippen LogP contribution in [0, 0.1) is 0 Å². The van der Waals surface area contributed by atoms with Crippen LogP contribution in [0.1, 0.15) is 25.2 Å². The van der Waals surface area contributed by atoms with Crippen molar-refractivity contribution in [2.24, 2.45) is 0 Å². The Morgan fingerprint density at radius 1 is 1.44 bits per heavy atom. The maximum atomic E-state index is 5.76.